The van der Waals surface area contributed by atoms with Crippen molar-refractivity contribution in [3.8, 4) is 5.75 Å². The van der Waals surface area contributed by atoms with Crippen LogP contribution in [0.5, 0.6) is 5.75 Å². The average molecular weight is 241 g/mol. The largest absolute Gasteiger partial charge is 0.491 e. The fraction of sp³-hybridized carbons (Fsp3) is 0.133. The highest BCUT2D eigenvalue weighted by Gasteiger charge is 2.16. The normalized spacial score (nSPS) is 10.1. The number of nitrogens with two attached hydrogens (primary N) is 1. The molecule has 0 bridgehead atoms. The predicted octanol–water partition coefficient (Wildman–Crippen LogP) is 2.90. The smallest absolute Gasteiger partial charge is 0.196 e. The van der Waals surface area contributed by atoms with Gasteiger partial charge in [-0.15, -0.1) is 0 Å². The lowest BCUT2D eigenvalue weighted by molar-refractivity contribution is 0.103. The van der Waals surface area contributed by atoms with Crippen molar-refractivity contribution in [3.05, 3.63) is 59.7 Å². The number of para-hydroxylation sites is 1. The second-order valence-electron chi connectivity index (χ2n) is 3.85. The molecule has 0 saturated heterocycles. The molecule has 2 rings (SSSR count). The van der Waals surface area contributed by atoms with E-state index < -0.39 is 0 Å². The zero-order valence-corrected chi connectivity index (χ0v) is 10.2. The summed E-state index contributed by atoms with van der Waals surface area (Å²) in [6.45, 7) is 2.34. The van der Waals surface area contributed by atoms with Crippen LogP contribution in [0.4, 0.5) is 5.69 Å². The van der Waals surface area contributed by atoms with Crippen molar-refractivity contribution in [2.75, 3.05) is 12.3 Å². The molecule has 2 N–H and O–H groups in total. The quantitative estimate of drug-likeness (QED) is 0.661. The van der Waals surface area contributed by atoms with Gasteiger partial charge in [0.15, 0.2) is 11.5 Å². The first-order valence-corrected chi connectivity index (χ1v) is 5.85. The lowest BCUT2D eigenvalue weighted by atomic mass is 10.0. The number of hydrogen-bond acceptors (Lipinski definition) is 3. The Morgan fingerprint density at radius 3 is 2.50 bits per heavy atom. The van der Waals surface area contributed by atoms with Crippen LogP contribution in [0.25, 0.3) is 0 Å². The van der Waals surface area contributed by atoms with Crippen LogP contribution < -0.4 is 10.5 Å². The third-order valence-corrected chi connectivity index (χ3v) is 2.61. The summed E-state index contributed by atoms with van der Waals surface area (Å²) in [4.78, 5) is 12.4. The molecule has 0 aliphatic rings. The van der Waals surface area contributed by atoms with Crippen molar-refractivity contribution >= 4 is 11.5 Å². The molecule has 0 spiro atoms. The highest BCUT2D eigenvalue weighted by Crippen LogP contribution is 2.28. The van der Waals surface area contributed by atoms with E-state index in [-0.39, 0.29) is 5.78 Å². The standard InChI is InChI=1S/C15H15NO2/c1-2-18-15-12(9-6-10-13(15)16)14(17)11-7-4-3-5-8-11/h3-10H,2,16H2,1H3. The van der Waals surface area contributed by atoms with Crippen LogP contribution in [-0.4, -0.2) is 12.4 Å². The summed E-state index contributed by atoms with van der Waals surface area (Å²) >= 11 is 0. The van der Waals surface area contributed by atoms with Crippen LogP contribution in [0.2, 0.25) is 0 Å². The summed E-state index contributed by atoms with van der Waals surface area (Å²) in [5, 5.41) is 0. The maximum Gasteiger partial charge on any atom is 0.196 e. The average Bonchev–Trinajstić information content (AvgIpc) is 2.41. The van der Waals surface area contributed by atoms with Gasteiger partial charge in [0.2, 0.25) is 0 Å². The number of anilines is 1. The van der Waals surface area contributed by atoms with Gasteiger partial charge in [-0.05, 0) is 19.1 Å². The molecule has 0 saturated carbocycles. The third-order valence-electron chi connectivity index (χ3n) is 2.61. The molecule has 0 amide bonds. The molecule has 0 fully saturated rings. The van der Waals surface area contributed by atoms with Gasteiger partial charge in [-0.1, -0.05) is 36.4 Å². The van der Waals surface area contributed by atoms with Crippen LogP contribution in [0.15, 0.2) is 48.5 Å². The molecular weight excluding hydrogens is 226 g/mol. The Balaban J connectivity index is 2.45. The second-order valence-corrected chi connectivity index (χ2v) is 3.85. The molecule has 2 aromatic carbocycles. The molecule has 0 aliphatic heterocycles. The van der Waals surface area contributed by atoms with Crippen molar-refractivity contribution in [2.45, 2.75) is 6.92 Å². The van der Waals surface area contributed by atoms with Gasteiger partial charge in [-0.3, -0.25) is 4.79 Å². The van der Waals surface area contributed by atoms with Gasteiger partial charge in [0, 0.05) is 5.56 Å². The van der Waals surface area contributed by atoms with E-state index in [0.717, 1.165) is 0 Å². The van der Waals surface area contributed by atoms with E-state index >= 15 is 0 Å². The Morgan fingerprint density at radius 1 is 1.11 bits per heavy atom. The molecular formula is C15H15NO2. The first kappa shape index (κ1) is 12.2. The molecule has 0 atom stereocenters. The highest BCUT2D eigenvalue weighted by atomic mass is 16.5. The summed E-state index contributed by atoms with van der Waals surface area (Å²) in [6.07, 6.45) is 0. The second kappa shape index (κ2) is 5.36. The maximum absolute atomic E-state index is 12.4. The summed E-state index contributed by atoms with van der Waals surface area (Å²) in [7, 11) is 0. The molecule has 92 valence electrons. The first-order chi connectivity index (χ1) is 8.74. The molecule has 0 radical (unpaired) electrons. The number of nitrogen functional groups attached to an aromatic ring is 1. The summed E-state index contributed by atoms with van der Waals surface area (Å²) < 4.78 is 5.46. The van der Waals surface area contributed by atoms with Crippen LogP contribution >= 0.6 is 0 Å². The minimum absolute atomic E-state index is 0.0775. The van der Waals surface area contributed by atoms with Gasteiger partial charge in [0.25, 0.3) is 0 Å². The highest BCUT2D eigenvalue weighted by molar-refractivity contribution is 6.11. The predicted molar refractivity (Wildman–Crippen MR) is 71.9 cm³/mol. The fourth-order valence-electron chi connectivity index (χ4n) is 1.78. The van der Waals surface area contributed by atoms with Gasteiger partial charge in [-0.2, -0.15) is 0 Å². The number of ketones is 1. The molecule has 0 unspecified atom stereocenters. The van der Waals surface area contributed by atoms with Crippen molar-refractivity contribution in [3.63, 3.8) is 0 Å². The molecule has 3 heteroatoms. The van der Waals surface area contributed by atoms with Crippen molar-refractivity contribution < 1.29 is 9.53 Å². The van der Waals surface area contributed by atoms with Gasteiger partial charge in [-0.25, -0.2) is 0 Å². The van der Waals surface area contributed by atoms with Gasteiger partial charge in [0.05, 0.1) is 17.9 Å². The van der Waals surface area contributed by atoms with Crippen LogP contribution in [0, 0.1) is 0 Å². The van der Waals surface area contributed by atoms with Gasteiger partial charge in [0.1, 0.15) is 0 Å². The third kappa shape index (κ3) is 2.35. The zero-order chi connectivity index (χ0) is 13.0. The lowest BCUT2D eigenvalue weighted by Crippen LogP contribution is -2.07. The van der Waals surface area contributed by atoms with E-state index in [0.29, 0.717) is 29.2 Å². The minimum Gasteiger partial charge on any atom is -0.491 e. The molecule has 0 aromatic heterocycles. The summed E-state index contributed by atoms with van der Waals surface area (Å²) in [6, 6.07) is 14.3. The Bertz CT molecular complexity index is 550. The number of hydrogen-bond donors (Lipinski definition) is 1. The van der Waals surface area contributed by atoms with Crippen LogP contribution in [-0.2, 0) is 0 Å². The van der Waals surface area contributed by atoms with E-state index in [1.54, 1.807) is 30.3 Å². The van der Waals surface area contributed by atoms with Crippen LogP contribution in [0.3, 0.4) is 0 Å². The molecule has 3 nitrogen and oxygen atoms in total. The maximum atomic E-state index is 12.4. The van der Waals surface area contributed by atoms with E-state index in [2.05, 4.69) is 0 Å². The topological polar surface area (TPSA) is 52.3 Å². The Kier molecular flexibility index (Phi) is 3.63. The van der Waals surface area contributed by atoms with Gasteiger partial charge < -0.3 is 10.5 Å². The van der Waals surface area contributed by atoms with Gasteiger partial charge >= 0.3 is 0 Å². The van der Waals surface area contributed by atoms with Crippen molar-refractivity contribution in [2.24, 2.45) is 0 Å². The number of rotatable bonds is 4. The fourth-order valence-corrected chi connectivity index (χ4v) is 1.78. The first-order valence-electron chi connectivity index (χ1n) is 5.85. The SMILES string of the molecule is CCOc1c(N)cccc1C(=O)c1ccccc1. The summed E-state index contributed by atoms with van der Waals surface area (Å²) in [5.74, 6) is 0.389. The van der Waals surface area contributed by atoms with Crippen molar-refractivity contribution in [1.29, 1.82) is 0 Å². The van der Waals surface area contributed by atoms with E-state index in [1.807, 2.05) is 25.1 Å². The van der Waals surface area contributed by atoms with Crippen molar-refractivity contribution in [1.82, 2.24) is 0 Å². The van der Waals surface area contributed by atoms with E-state index in [1.165, 1.54) is 0 Å². The molecule has 0 heterocycles. The summed E-state index contributed by atoms with van der Waals surface area (Å²) in [5.41, 5.74) is 7.46. The Labute approximate surface area is 106 Å². The number of ether oxygens (including phenoxy) is 1. The zero-order valence-electron chi connectivity index (χ0n) is 10.2. The minimum atomic E-state index is -0.0775. The number of carbonyl (C=O) groups excluding carboxylic acids is 1. The van der Waals surface area contributed by atoms with E-state index in [4.69, 9.17) is 10.5 Å². The van der Waals surface area contributed by atoms with Crippen LogP contribution in [0.1, 0.15) is 22.8 Å². The molecule has 18 heavy (non-hydrogen) atoms. The Hall–Kier alpha value is -2.29. The number of carbonyl (C=O) groups is 1. The lowest BCUT2D eigenvalue weighted by Gasteiger charge is -2.11. The Morgan fingerprint density at radius 2 is 1.83 bits per heavy atom. The molecule has 2 aromatic rings. The molecule has 0 aliphatic carbocycles. The number of benzene rings is 2. The van der Waals surface area contributed by atoms with E-state index in [9.17, 15) is 4.79 Å². The monoisotopic (exact) mass is 241 g/mol.